The van der Waals surface area contributed by atoms with Gasteiger partial charge in [-0.05, 0) is 74.4 Å². The van der Waals surface area contributed by atoms with Gasteiger partial charge in [0.25, 0.3) is 5.91 Å². The number of carbonyl (C=O) groups excluding carboxylic acids is 1. The van der Waals surface area contributed by atoms with Crippen LogP contribution in [0.5, 0.6) is 11.6 Å². The molecule has 2 aromatic carbocycles. The number of hydrogen-bond donors (Lipinski definition) is 1. The van der Waals surface area contributed by atoms with E-state index >= 15 is 0 Å². The van der Waals surface area contributed by atoms with E-state index in [0.29, 0.717) is 36.8 Å². The van der Waals surface area contributed by atoms with Gasteiger partial charge in [0.15, 0.2) is 0 Å². The lowest BCUT2D eigenvalue weighted by Gasteiger charge is -2.25. The maximum atomic E-state index is 12.7. The molecule has 0 unspecified atom stereocenters. The first kappa shape index (κ1) is 25.6. The first-order valence-electron chi connectivity index (χ1n) is 12.1. The summed E-state index contributed by atoms with van der Waals surface area (Å²) < 4.78 is 38.0. The van der Waals surface area contributed by atoms with Crippen molar-refractivity contribution in [3.63, 3.8) is 0 Å². The molecule has 1 N–H and O–H groups in total. The fourth-order valence-corrected chi connectivity index (χ4v) is 5.41. The van der Waals surface area contributed by atoms with Crippen molar-refractivity contribution in [2.24, 2.45) is 0 Å². The SMILES string of the molecule is CCOc1ccc(-c2ccc(OCCNC(=O)c3ccc(S(=O)(=O)N4CCCCC4)cc3)nn2)cc1. The fraction of sp³-hybridized carbons (Fsp3) is 0.346. The minimum Gasteiger partial charge on any atom is -0.494 e. The highest BCUT2D eigenvalue weighted by molar-refractivity contribution is 7.89. The van der Waals surface area contributed by atoms with Crippen molar-refractivity contribution in [3.05, 3.63) is 66.2 Å². The van der Waals surface area contributed by atoms with Gasteiger partial charge in [-0.25, -0.2) is 8.42 Å². The van der Waals surface area contributed by atoms with Gasteiger partial charge in [-0.3, -0.25) is 4.79 Å². The molecule has 9 nitrogen and oxygen atoms in total. The lowest BCUT2D eigenvalue weighted by atomic mass is 10.1. The van der Waals surface area contributed by atoms with Gasteiger partial charge in [-0.1, -0.05) is 6.42 Å². The number of rotatable bonds is 10. The van der Waals surface area contributed by atoms with E-state index in [2.05, 4.69) is 15.5 Å². The van der Waals surface area contributed by atoms with Crippen molar-refractivity contribution in [1.29, 1.82) is 0 Å². The van der Waals surface area contributed by atoms with Crippen LogP contribution in [-0.2, 0) is 10.0 Å². The summed E-state index contributed by atoms with van der Waals surface area (Å²) in [6, 6.07) is 17.2. The Bertz CT molecular complexity index is 1240. The Kier molecular flexibility index (Phi) is 8.50. The van der Waals surface area contributed by atoms with Gasteiger partial charge in [0.1, 0.15) is 12.4 Å². The second-order valence-corrected chi connectivity index (χ2v) is 10.2. The molecule has 0 bridgehead atoms. The zero-order valence-electron chi connectivity index (χ0n) is 20.2. The third-order valence-electron chi connectivity index (χ3n) is 5.81. The summed E-state index contributed by atoms with van der Waals surface area (Å²) in [4.78, 5) is 12.6. The first-order chi connectivity index (χ1) is 17.5. The maximum absolute atomic E-state index is 12.7. The smallest absolute Gasteiger partial charge is 0.251 e. The van der Waals surface area contributed by atoms with Crippen LogP contribution in [0.25, 0.3) is 11.3 Å². The van der Waals surface area contributed by atoms with Crippen LogP contribution >= 0.6 is 0 Å². The molecule has 0 atom stereocenters. The zero-order valence-corrected chi connectivity index (χ0v) is 21.0. The molecule has 1 saturated heterocycles. The first-order valence-corrected chi connectivity index (χ1v) is 13.5. The van der Waals surface area contributed by atoms with Gasteiger partial charge in [-0.2, -0.15) is 4.31 Å². The van der Waals surface area contributed by atoms with Gasteiger partial charge in [0, 0.05) is 30.3 Å². The summed E-state index contributed by atoms with van der Waals surface area (Å²) in [6.07, 6.45) is 2.80. The van der Waals surface area contributed by atoms with E-state index in [1.165, 1.54) is 28.6 Å². The molecule has 1 aromatic heterocycles. The predicted molar refractivity (Wildman–Crippen MR) is 136 cm³/mol. The lowest BCUT2D eigenvalue weighted by Crippen LogP contribution is -2.35. The topological polar surface area (TPSA) is 111 Å². The molecule has 1 aliphatic rings. The Hall–Kier alpha value is -3.50. The molecule has 0 radical (unpaired) electrons. The second-order valence-electron chi connectivity index (χ2n) is 8.31. The Balaban J connectivity index is 1.24. The highest BCUT2D eigenvalue weighted by atomic mass is 32.2. The molecule has 4 rings (SSSR count). The van der Waals surface area contributed by atoms with E-state index in [9.17, 15) is 13.2 Å². The van der Waals surface area contributed by atoms with E-state index < -0.39 is 10.0 Å². The summed E-state index contributed by atoms with van der Waals surface area (Å²) >= 11 is 0. The Morgan fingerprint density at radius 1 is 0.917 bits per heavy atom. The van der Waals surface area contributed by atoms with Crippen LogP contribution in [0.4, 0.5) is 0 Å². The normalized spacial score (nSPS) is 14.2. The quantitative estimate of drug-likeness (QED) is 0.416. The molecule has 3 aromatic rings. The van der Waals surface area contributed by atoms with Crippen molar-refractivity contribution in [3.8, 4) is 22.9 Å². The van der Waals surface area contributed by atoms with E-state index in [4.69, 9.17) is 9.47 Å². The molecule has 0 aliphatic carbocycles. The van der Waals surface area contributed by atoms with Crippen LogP contribution in [0.3, 0.4) is 0 Å². The number of nitrogens with zero attached hydrogens (tertiary/aromatic N) is 3. The summed E-state index contributed by atoms with van der Waals surface area (Å²) in [7, 11) is -3.52. The summed E-state index contributed by atoms with van der Waals surface area (Å²) in [5.74, 6) is 0.846. The molecule has 1 fully saturated rings. The second kappa shape index (κ2) is 12.0. The number of nitrogens with one attached hydrogen (secondary N) is 1. The monoisotopic (exact) mass is 510 g/mol. The largest absolute Gasteiger partial charge is 0.494 e. The van der Waals surface area contributed by atoms with E-state index in [0.717, 1.165) is 30.6 Å². The van der Waals surface area contributed by atoms with Gasteiger partial charge in [-0.15, -0.1) is 10.2 Å². The van der Waals surface area contributed by atoms with Crippen LogP contribution in [0, 0.1) is 0 Å². The van der Waals surface area contributed by atoms with E-state index in [1.807, 2.05) is 37.3 Å². The van der Waals surface area contributed by atoms with Crippen molar-refractivity contribution < 1.29 is 22.7 Å². The molecule has 0 saturated carbocycles. The number of amides is 1. The van der Waals surface area contributed by atoms with Crippen LogP contribution in [-0.4, -0.2) is 61.7 Å². The molecular weight excluding hydrogens is 480 g/mol. The summed E-state index contributed by atoms with van der Waals surface area (Å²) in [6.45, 7) is 4.10. The fourth-order valence-electron chi connectivity index (χ4n) is 3.89. The average molecular weight is 511 g/mol. The predicted octanol–water partition coefficient (Wildman–Crippen LogP) is 3.53. The van der Waals surface area contributed by atoms with Crippen molar-refractivity contribution in [2.75, 3.05) is 32.8 Å². The highest BCUT2D eigenvalue weighted by Crippen LogP contribution is 2.22. The molecular formula is C26H30N4O5S. The number of sulfonamides is 1. The van der Waals surface area contributed by atoms with Crippen molar-refractivity contribution in [1.82, 2.24) is 19.8 Å². The van der Waals surface area contributed by atoms with Gasteiger partial charge in [0.05, 0.1) is 23.7 Å². The number of aromatic nitrogens is 2. The van der Waals surface area contributed by atoms with E-state index in [1.54, 1.807) is 6.07 Å². The van der Waals surface area contributed by atoms with E-state index in [-0.39, 0.29) is 24.0 Å². The molecule has 1 amide bonds. The van der Waals surface area contributed by atoms with Gasteiger partial charge in [0.2, 0.25) is 15.9 Å². The number of piperidine rings is 1. The lowest BCUT2D eigenvalue weighted by molar-refractivity contribution is 0.0946. The third-order valence-corrected chi connectivity index (χ3v) is 7.72. The van der Waals surface area contributed by atoms with Crippen LogP contribution in [0.1, 0.15) is 36.5 Å². The number of carbonyl (C=O) groups is 1. The molecule has 36 heavy (non-hydrogen) atoms. The third kappa shape index (κ3) is 6.38. The van der Waals surface area contributed by atoms with Crippen molar-refractivity contribution >= 4 is 15.9 Å². The number of benzene rings is 2. The Morgan fingerprint density at radius 2 is 1.64 bits per heavy atom. The summed E-state index contributed by atoms with van der Waals surface area (Å²) in [5, 5.41) is 11.0. The molecule has 10 heteroatoms. The van der Waals surface area contributed by atoms with Gasteiger partial charge < -0.3 is 14.8 Å². The van der Waals surface area contributed by atoms with Crippen LogP contribution in [0.15, 0.2) is 65.6 Å². The highest BCUT2D eigenvalue weighted by Gasteiger charge is 2.25. The number of ether oxygens (including phenoxy) is 2. The zero-order chi connectivity index (χ0) is 25.4. The van der Waals surface area contributed by atoms with Gasteiger partial charge >= 0.3 is 0 Å². The molecule has 0 spiro atoms. The maximum Gasteiger partial charge on any atom is 0.251 e. The standard InChI is InChI=1S/C26H30N4O5S/c1-2-34-22-10-6-20(7-11-22)24-14-15-25(29-28-24)35-19-16-27-26(31)21-8-12-23(13-9-21)36(32,33)30-17-4-3-5-18-30/h6-15H,2-5,16-19H2,1H3,(H,27,31). The Morgan fingerprint density at radius 3 is 2.28 bits per heavy atom. The minimum absolute atomic E-state index is 0.205. The minimum atomic E-state index is -3.52. The number of hydrogen-bond acceptors (Lipinski definition) is 7. The van der Waals surface area contributed by atoms with Crippen LogP contribution < -0.4 is 14.8 Å². The van der Waals surface area contributed by atoms with Crippen LogP contribution in [0.2, 0.25) is 0 Å². The summed E-state index contributed by atoms with van der Waals surface area (Å²) in [5.41, 5.74) is 2.01. The average Bonchev–Trinajstić information content (AvgIpc) is 2.92. The molecule has 190 valence electrons. The Labute approximate surface area is 211 Å². The van der Waals surface area contributed by atoms with Crippen molar-refractivity contribution in [2.45, 2.75) is 31.1 Å². The molecule has 1 aliphatic heterocycles. The molecule has 2 heterocycles.